The van der Waals surface area contributed by atoms with Gasteiger partial charge in [0.25, 0.3) is 5.91 Å². The highest BCUT2D eigenvalue weighted by atomic mass is 19.2. The van der Waals surface area contributed by atoms with Crippen LogP contribution >= 0.6 is 0 Å². The van der Waals surface area contributed by atoms with Gasteiger partial charge in [-0.25, -0.2) is 13.2 Å². The number of benzene rings is 1. The maximum Gasteiger partial charge on any atom is 0.325 e. The Kier molecular flexibility index (Phi) is 5.54. The Morgan fingerprint density at radius 3 is 2.20 bits per heavy atom. The van der Waals surface area contributed by atoms with E-state index in [2.05, 4.69) is 4.74 Å². The summed E-state index contributed by atoms with van der Waals surface area (Å²) in [4.78, 5) is 24.3. The van der Waals surface area contributed by atoms with Gasteiger partial charge in [-0.05, 0) is 18.6 Å². The van der Waals surface area contributed by atoms with Crippen molar-refractivity contribution in [3.05, 3.63) is 35.1 Å². The van der Waals surface area contributed by atoms with Crippen LogP contribution in [0.3, 0.4) is 0 Å². The van der Waals surface area contributed by atoms with Crippen molar-refractivity contribution in [2.75, 3.05) is 20.2 Å². The third kappa shape index (κ3) is 3.72. The monoisotopic (exact) mass is 289 g/mol. The van der Waals surface area contributed by atoms with E-state index in [-0.39, 0.29) is 18.7 Å². The predicted octanol–water partition coefficient (Wildman–Crippen LogP) is 2.13. The zero-order valence-electron chi connectivity index (χ0n) is 11.1. The maximum absolute atomic E-state index is 13.1. The molecule has 1 amide bonds. The Balaban J connectivity index is 3.03. The fourth-order valence-corrected chi connectivity index (χ4v) is 1.60. The van der Waals surface area contributed by atoms with Gasteiger partial charge in [0, 0.05) is 12.1 Å². The highest BCUT2D eigenvalue weighted by molar-refractivity contribution is 5.96. The topological polar surface area (TPSA) is 46.6 Å². The third-order valence-electron chi connectivity index (χ3n) is 2.56. The highest BCUT2D eigenvalue weighted by Crippen LogP contribution is 2.15. The number of ether oxygens (including phenoxy) is 1. The number of methoxy groups -OCH3 is 1. The molecule has 0 spiro atoms. The highest BCUT2D eigenvalue weighted by Gasteiger charge is 2.21. The van der Waals surface area contributed by atoms with Gasteiger partial charge in [-0.1, -0.05) is 6.92 Å². The molecule has 0 aliphatic carbocycles. The molecule has 0 radical (unpaired) electrons. The molecule has 0 heterocycles. The second-order valence-corrected chi connectivity index (χ2v) is 4.06. The van der Waals surface area contributed by atoms with E-state index < -0.39 is 29.3 Å². The molecule has 7 heteroatoms. The predicted molar refractivity (Wildman–Crippen MR) is 64.5 cm³/mol. The number of hydrogen-bond acceptors (Lipinski definition) is 3. The second-order valence-electron chi connectivity index (χ2n) is 4.06. The van der Waals surface area contributed by atoms with Crippen molar-refractivity contribution in [1.29, 1.82) is 0 Å². The lowest BCUT2D eigenvalue weighted by Gasteiger charge is -2.20. The summed E-state index contributed by atoms with van der Waals surface area (Å²) in [5.74, 6) is -5.98. The average Bonchev–Trinajstić information content (AvgIpc) is 2.42. The van der Waals surface area contributed by atoms with Crippen LogP contribution in [0.4, 0.5) is 13.2 Å². The third-order valence-corrected chi connectivity index (χ3v) is 2.56. The lowest BCUT2D eigenvalue weighted by molar-refractivity contribution is -0.141. The summed E-state index contributed by atoms with van der Waals surface area (Å²) in [7, 11) is 1.16. The van der Waals surface area contributed by atoms with Crippen molar-refractivity contribution < 1.29 is 27.5 Å². The Hall–Kier alpha value is -2.05. The van der Waals surface area contributed by atoms with Crippen LogP contribution < -0.4 is 0 Å². The van der Waals surface area contributed by atoms with E-state index >= 15 is 0 Å². The van der Waals surface area contributed by atoms with Crippen LogP contribution in [-0.2, 0) is 9.53 Å². The smallest absolute Gasteiger partial charge is 0.325 e. The standard InChI is InChI=1S/C13H14F3NO3/c1-3-4-17(7-11(18)20-2)13(19)8-5-9(14)12(16)10(15)6-8/h5-6H,3-4,7H2,1-2H3. The first kappa shape index (κ1) is 16.0. The Bertz CT molecular complexity index is 497. The molecule has 0 N–H and O–H groups in total. The van der Waals surface area contributed by atoms with Gasteiger partial charge < -0.3 is 9.64 Å². The first-order chi connectivity index (χ1) is 9.40. The van der Waals surface area contributed by atoms with Crippen LogP contribution in [-0.4, -0.2) is 37.0 Å². The molecule has 0 bridgehead atoms. The maximum atomic E-state index is 13.1. The van der Waals surface area contributed by atoms with Crippen LogP contribution in [0.2, 0.25) is 0 Å². The quantitative estimate of drug-likeness (QED) is 0.616. The fourth-order valence-electron chi connectivity index (χ4n) is 1.60. The zero-order chi connectivity index (χ0) is 15.3. The molecule has 0 atom stereocenters. The minimum Gasteiger partial charge on any atom is -0.468 e. The van der Waals surface area contributed by atoms with E-state index in [0.717, 1.165) is 12.0 Å². The summed E-state index contributed by atoms with van der Waals surface area (Å²) < 4.78 is 43.5. The van der Waals surface area contributed by atoms with E-state index in [1.165, 1.54) is 0 Å². The molecule has 0 aliphatic rings. The van der Waals surface area contributed by atoms with Gasteiger partial charge in [0.2, 0.25) is 0 Å². The molecule has 1 aromatic rings. The number of amides is 1. The first-order valence-electron chi connectivity index (χ1n) is 5.91. The van der Waals surface area contributed by atoms with E-state index in [1.54, 1.807) is 6.92 Å². The summed E-state index contributed by atoms with van der Waals surface area (Å²) in [6.45, 7) is 1.63. The van der Waals surface area contributed by atoms with Crippen molar-refractivity contribution in [2.45, 2.75) is 13.3 Å². The van der Waals surface area contributed by atoms with Gasteiger partial charge in [0.15, 0.2) is 17.5 Å². The number of halogens is 3. The van der Waals surface area contributed by atoms with Crippen LogP contribution in [0.15, 0.2) is 12.1 Å². The lowest BCUT2D eigenvalue weighted by Crippen LogP contribution is -2.37. The normalized spacial score (nSPS) is 10.2. The van der Waals surface area contributed by atoms with Gasteiger partial charge in [-0.15, -0.1) is 0 Å². The largest absolute Gasteiger partial charge is 0.468 e. The van der Waals surface area contributed by atoms with Gasteiger partial charge in [-0.2, -0.15) is 0 Å². The fraction of sp³-hybridized carbons (Fsp3) is 0.385. The molecule has 0 fully saturated rings. The van der Waals surface area contributed by atoms with Crippen LogP contribution in [0.25, 0.3) is 0 Å². The van der Waals surface area contributed by atoms with Crippen molar-refractivity contribution in [1.82, 2.24) is 4.90 Å². The summed E-state index contributed by atoms with van der Waals surface area (Å²) in [6, 6.07) is 1.20. The minimum absolute atomic E-state index is 0.203. The van der Waals surface area contributed by atoms with E-state index in [1.807, 2.05) is 0 Å². The zero-order valence-corrected chi connectivity index (χ0v) is 11.1. The van der Waals surface area contributed by atoms with Crippen LogP contribution in [0.5, 0.6) is 0 Å². The van der Waals surface area contributed by atoms with Crippen molar-refractivity contribution in [2.24, 2.45) is 0 Å². The molecule has 0 aromatic heterocycles. The molecular weight excluding hydrogens is 275 g/mol. The van der Waals surface area contributed by atoms with Crippen LogP contribution in [0.1, 0.15) is 23.7 Å². The number of rotatable bonds is 5. The number of esters is 1. The summed E-state index contributed by atoms with van der Waals surface area (Å²) in [6.07, 6.45) is 0.537. The Labute approximate surface area is 114 Å². The SMILES string of the molecule is CCCN(CC(=O)OC)C(=O)c1cc(F)c(F)c(F)c1. The molecule has 0 aliphatic heterocycles. The molecule has 4 nitrogen and oxygen atoms in total. The Morgan fingerprint density at radius 2 is 1.75 bits per heavy atom. The van der Waals surface area contributed by atoms with Gasteiger partial charge in [0.05, 0.1) is 7.11 Å². The molecule has 0 unspecified atom stereocenters. The minimum atomic E-state index is -1.64. The summed E-state index contributed by atoms with van der Waals surface area (Å²) in [5, 5.41) is 0. The van der Waals surface area contributed by atoms with Gasteiger partial charge in [0.1, 0.15) is 6.54 Å². The van der Waals surface area contributed by atoms with Crippen molar-refractivity contribution in [3.63, 3.8) is 0 Å². The number of nitrogens with zero attached hydrogens (tertiary/aromatic N) is 1. The van der Waals surface area contributed by atoms with Crippen LogP contribution in [0, 0.1) is 17.5 Å². The number of hydrogen-bond donors (Lipinski definition) is 0. The summed E-state index contributed by atoms with van der Waals surface area (Å²) >= 11 is 0. The first-order valence-corrected chi connectivity index (χ1v) is 5.91. The van der Waals surface area contributed by atoms with Crippen molar-refractivity contribution >= 4 is 11.9 Å². The van der Waals surface area contributed by atoms with Crippen molar-refractivity contribution in [3.8, 4) is 0 Å². The molecular formula is C13H14F3NO3. The number of carbonyl (C=O) groups is 2. The van der Waals surface area contributed by atoms with E-state index in [4.69, 9.17) is 0 Å². The number of carbonyl (C=O) groups excluding carboxylic acids is 2. The molecule has 110 valence electrons. The average molecular weight is 289 g/mol. The lowest BCUT2D eigenvalue weighted by atomic mass is 10.1. The Morgan fingerprint density at radius 1 is 1.20 bits per heavy atom. The van der Waals surface area contributed by atoms with E-state index in [9.17, 15) is 22.8 Å². The van der Waals surface area contributed by atoms with Gasteiger partial charge in [-0.3, -0.25) is 9.59 Å². The summed E-state index contributed by atoms with van der Waals surface area (Å²) in [5.41, 5.74) is -0.362. The molecule has 0 saturated heterocycles. The van der Waals surface area contributed by atoms with Gasteiger partial charge >= 0.3 is 5.97 Å². The molecule has 1 aromatic carbocycles. The molecule has 20 heavy (non-hydrogen) atoms. The van der Waals surface area contributed by atoms with E-state index in [0.29, 0.717) is 18.6 Å². The molecule has 1 rings (SSSR count). The molecule has 0 saturated carbocycles. The second kappa shape index (κ2) is 6.93.